The summed E-state index contributed by atoms with van der Waals surface area (Å²) in [4.78, 5) is 14.6. The summed E-state index contributed by atoms with van der Waals surface area (Å²) < 4.78 is 6.12. The van der Waals surface area contributed by atoms with Gasteiger partial charge in [0.1, 0.15) is 5.75 Å². The number of ether oxygens (including phenoxy) is 1. The van der Waals surface area contributed by atoms with E-state index in [0.29, 0.717) is 18.0 Å². The average molecular weight is 389 g/mol. The highest BCUT2D eigenvalue weighted by Crippen LogP contribution is 2.25. The molecule has 0 radical (unpaired) electrons. The summed E-state index contributed by atoms with van der Waals surface area (Å²) in [7, 11) is 1.68. The molecule has 1 aliphatic heterocycles. The van der Waals surface area contributed by atoms with Crippen LogP contribution in [-0.2, 0) is 0 Å². The third-order valence-electron chi connectivity index (χ3n) is 4.36. The predicted molar refractivity (Wildman–Crippen MR) is 99.8 cm³/mol. The number of nitrogens with one attached hydrogen (secondary N) is 1. The van der Waals surface area contributed by atoms with Crippen molar-refractivity contribution in [2.75, 3.05) is 31.6 Å². The monoisotopic (exact) mass is 388 g/mol. The molecule has 1 N–H and O–H groups in total. The van der Waals surface area contributed by atoms with Gasteiger partial charge in [0.15, 0.2) is 0 Å². The zero-order valence-corrected chi connectivity index (χ0v) is 15.3. The number of rotatable bonds is 5. The zero-order valence-electron chi connectivity index (χ0n) is 13.7. The van der Waals surface area contributed by atoms with E-state index in [1.165, 1.54) is 5.69 Å². The predicted octanol–water partition coefficient (Wildman–Crippen LogP) is 3.71. The van der Waals surface area contributed by atoms with Gasteiger partial charge in [-0.1, -0.05) is 22.0 Å². The zero-order chi connectivity index (χ0) is 16.9. The largest absolute Gasteiger partial charge is 0.497 e. The Labute approximate surface area is 150 Å². The lowest BCUT2D eigenvalue weighted by Crippen LogP contribution is -2.31. The number of benzene rings is 2. The average Bonchev–Trinajstić information content (AvgIpc) is 3.09. The molecular formula is C19H21BrN2O2. The summed E-state index contributed by atoms with van der Waals surface area (Å²) in [5.74, 6) is 1.33. The molecule has 0 aliphatic carbocycles. The molecule has 1 aliphatic rings. The SMILES string of the molecule is COc1ccc(N2CCC(CNC(=O)c3cccc(Br)c3)C2)cc1. The number of halogens is 1. The maximum absolute atomic E-state index is 12.2. The smallest absolute Gasteiger partial charge is 0.251 e. The highest BCUT2D eigenvalue weighted by Gasteiger charge is 2.23. The van der Waals surface area contributed by atoms with Crippen LogP contribution in [0, 0.1) is 5.92 Å². The van der Waals surface area contributed by atoms with E-state index in [9.17, 15) is 4.79 Å². The van der Waals surface area contributed by atoms with E-state index in [4.69, 9.17) is 4.74 Å². The first kappa shape index (κ1) is 16.8. The van der Waals surface area contributed by atoms with Gasteiger partial charge in [0.2, 0.25) is 0 Å². The van der Waals surface area contributed by atoms with Crippen LogP contribution in [0.25, 0.3) is 0 Å². The molecule has 2 aromatic carbocycles. The molecule has 1 fully saturated rings. The number of amides is 1. The molecule has 1 amide bonds. The molecule has 1 atom stereocenters. The van der Waals surface area contributed by atoms with Crippen LogP contribution in [0.1, 0.15) is 16.8 Å². The molecule has 0 spiro atoms. The minimum Gasteiger partial charge on any atom is -0.497 e. The van der Waals surface area contributed by atoms with Crippen molar-refractivity contribution in [3.8, 4) is 5.75 Å². The minimum absolute atomic E-state index is 0.0146. The lowest BCUT2D eigenvalue weighted by Gasteiger charge is -2.19. The van der Waals surface area contributed by atoms with E-state index in [2.05, 4.69) is 38.3 Å². The van der Waals surface area contributed by atoms with Crippen molar-refractivity contribution in [2.24, 2.45) is 5.92 Å². The van der Waals surface area contributed by atoms with E-state index in [-0.39, 0.29) is 5.91 Å². The molecule has 24 heavy (non-hydrogen) atoms. The van der Waals surface area contributed by atoms with Gasteiger partial charge in [-0.15, -0.1) is 0 Å². The topological polar surface area (TPSA) is 41.6 Å². The molecule has 0 aromatic heterocycles. The molecule has 1 unspecified atom stereocenters. The summed E-state index contributed by atoms with van der Waals surface area (Å²) in [6.45, 7) is 2.69. The van der Waals surface area contributed by atoms with Gasteiger partial charge in [-0.2, -0.15) is 0 Å². The third-order valence-corrected chi connectivity index (χ3v) is 4.85. The van der Waals surface area contributed by atoms with Gasteiger partial charge in [0, 0.05) is 35.4 Å². The molecule has 1 saturated heterocycles. The second kappa shape index (κ2) is 7.71. The Morgan fingerprint density at radius 2 is 2.08 bits per heavy atom. The Kier molecular flexibility index (Phi) is 5.41. The van der Waals surface area contributed by atoms with E-state index in [0.717, 1.165) is 29.7 Å². The van der Waals surface area contributed by atoms with Gasteiger partial charge in [0.05, 0.1) is 7.11 Å². The molecule has 5 heteroatoms. The van der Waals surface area contributed by atoms with E-state index in [1.807, 2.05) is 36.4 Å². The Morgan fingerprint density at radius 1 is 1.29 bits per heavy atom. The third kappa shape index (κ3) is 4.09. The quantitative estimate of drug-likeness (QED) is 0.848. The molecular weight excluding hydrogens is 368 g/mol. The fourth-order valence-corrected chi connectivity index (χ4v) is 3.39. The van der Waals surface area contributed by atoms with Crippen molar-refractivity contribution in [1.29, 1.82) is 0 Å². The van der Waals surface area contributed by atoms with Crippen LogP contribution < -0.4 is 15.0 Å². The van der Waals surface area contributed by atoms with E-state index in [1.54, 1.807) is 7.11 Å². The highest BCUT2D eigenvalue weighted by molar-refractivity contribution is 9.10. The van der Waals surface area contributed by atoms with E-state index >= 15 is 0 Å². The second-order valence-corrected chi connectivity index (χ2v) is 6.93. The van der Waals surface area contributed by atoms with Gasteiger partial charge in [-0.05, 0) is 54.8 Å². The number of carbonyl (C=O) groups excluding carboxylic acids is 1. The van der Waals surface area contributed by atoms with Gasteiger partial charge in [-0.25, -0.2) is 0 Å². The number of carbonyl (C=O) groups is 1. The summed E-state index contributed by atoms with van der Waals surface area (Å²) in [6.07, 6.45) is 1.09. The Balaban J connectivity index is 1.51. The van der Waals surface area contributed by atoms with Crippen molar-refractivity contribution in [2.45, 2.75) is 6.42 Å². The first-order chi connectivity index (χ1) is 11.7. The fraction of sp³-hybridized carbons (Fsp3) is 0.316. The molecule has 126 valence electrons. The van der Waals surface area contributed by atoms with Crippen molar-refractivity contribution < 1.29 is 9.53 Å². The molecule has 3 rings (SSSR count). The maximum Gasteiger partial charge on any atom is 0.251 e. The van der Waals surface area contributed by atoms with Crippen LogP contribution >= 0.6 is 15.9 Å². The van der Waals surface area contributed by atoms with Gasteiger partial charge < -0.3 is 15.0 Å². The number of hydrogen-bond donors (Lipinski definition) is 1. The first-order valence-electron chi connectivity index (χ1n) is 8.08. The lowest BCUT2D eigenvalue weighted by atomic mass is 10.1. The summed E-state index contributed by atoms with van der Waals surface area (Å²) >= 11 is 3.40. The van der Waals surface area contributed by atoms with Crippen molar-refractivity contribution in [3.05, 3.63) is 58.6 Å². The first-order valence-corrected chi connectivity index (χ1v) is 8.88. The minimum atomic E-state index is -0.0146. The molecule has 4 nitrogen and oxygen atoms in total. The van der Waals surface area contributed by atoms with Crippen molar-refractivity contribution in [3.63, 3.8) is 0 Å². The fourth-order valence-electron chi connectivity index (χ4n) is 3.00. The second-order valence-electron chi connectivity index (χ2n) is 6.02. The van der Waals surface area contributed by atoms with Crippen LogP contribution in [0.3, 0.4) is 0 Å². The van der Waals surface area contributed by atoms with E-state index < -0.39 is 0 Å². The maximum atomic E-state index is 12.2. The normalized spacial score (nSPS) is 16.9. The molecule has 2 aromatic rings. The van der Waals surface area contributed by atoms with Crippen LogP contribution in [0.15, 0.2) is 53.0 Å². The van der Waals surface area contributed by atoms with Crippen LogP contribution in [0.4, 0.5) is 5.69 Å². The number of nitrogens with zero attached hydrogens (tertiary/aromatic N) is 1. The number of hydrogen-bond acceptors (Lipinski definition) is 3. The van der Waals surface area contributed by atoms with Crippen LogP contribution in [0.5, 0.6) is 5.75 Å². The lowest BCUT2D eigenvalue weighted by molar-refractivity contribution is 0.0948. The Bertz CT molecular complexity index is 703. The van der Waals surface area contributed by atoms with Gasteiger partial charge >= 0.3 is 0 Å². The molecule has 0 bridgehead atoms. The van der Waals surface area contributed by atoms with Crippen LogP contribution in [0.2, 0.25) is 0 Å². The Morgan fingerprint density at radius 3 is 2.79 bits per heavy atom. The standard InChI is InChI=1S/C19H21BrN2O2/c1-24-18-7-5-17(6-8-18)22-10-9-14(13-22)12-21-19(23)15-3-2-4-16(20)11-15/h2-8,11,14H,9-10,12-13H2,1H3,(H,21,23). The highest BCUT2D eigenvalue weighted by atomic mass is 79.9. The summed E-state index contributed by atoms with van der Waals surface area (Å²) in [5.41, 5.74) is 1.89. The summed E-state index contributed by atoms with van der Waals surface area (Å²) in [6, 6.07) is 15.6. The molecule has 1 heterocycles. The van der Waals surface area contributed by atoms with Crippen molar-refractivity contribution >= 4 is 27.5 Å². The Hall–Kier alpha value is -2.01. The number of methoxy groups -OCH3 is 1. The van der Waals surface area contributed by atoms with Crippen LogP contribution in [-0.4, -0.2) is 32.7 Å². The van der Waals surface area contributed by atoms with Crippen molar-refractivity contribution in [1.82, 2.24) is 5.32 Å². The van der Waals surface area contributed by atoms with Gasteiger partial charge in [0.25, 0.3) is 5.91 Å². The molecule has 0 saturated carbocycles. The summed E-state index contributed by atoms with van der Waals surface area (Å²) in [5, 5.41) is 3.05. The van der Waals surface area contributed by atoms with Gasteiger partial charge in [-0.3, -0.25) is 4.79 Å². The number of anilines is 1.